The normalized spacial score (nSPS) is 12.4. The van der Waals surface area contributed by atoms with Gasteiger partial charge in [0.1, 0.15) is 11.1 Å². The molecular weight excluding hydrogens is 662 g/mol. The summed E-state index contributed by atoms with van der Waals surface area (Å²) >= 11 is 1.13. The molecule has 2 aromatic rings. The second-order valence-electron chi connectivity index (χ2n) is 10.2. The number of azo groups is 1. The van der Waals surface area contributed by atoms with Crippen LogP contribution in [0.2, 0.25) is 0 Å². The minimum atomic E-state index is -1.10. The van der Waals surface area contributed by atoms with Gasteiger partial charge in [-0.05, 0) is 43.2 Å². The molecule has 2 rings (SSSR count). The molecule has 0 radical (unpaired) electrons. The van der Waals surface area contributed by atoms with E-state index in [0.29, 0.717) is 66.3 Å². The van der Waals surface area contributed by atoms with E-state index in [1.165, 1.54) is 14.2 Å². The first-order valence-electron chi connectivity index (χ1n) is 15.2. The van der Waals surface area contributed by atoms with Gasteiger partial charge in [-0.15, -0.1) is 21.6 Å². The van der Waals surface area contributed by atoms with Crippen molar-refractivity contribution in [1.82, 2.24) is 0 Å². The predicted octanol–water partition coefficient (Wildman–Crippen LogP) is 4.29. The average Bonchev–Trinajstić information content (AvgIpc) is 3.40. The highest BCUT2D eigenvalue weighted by Gasteiger charge is 2.17. The summed E-state index contributed by atoms with van der Waals surface area (Å²) in [5, 5.41) is 36.9. The lowest BCUT2D eigenvalue weighted by molar-refractivity contribution is -0.153. The van der Waals surface area contributed by atoms with E-state index < -0.39 is 24.1 Å². The highest BCUT2D eigenvalue weighted by molar-refractivity contribution is 7.20. The molecule has 1 aromatic carbocycles. The van der Waals surface area contributed by atoms with Gasteiger partial charge in [0, 0.05) is 33.0 Å². The van der Waals surface area contributed by atoms with Gasteiger partial charge in [-0.25, -0.2) is 14.4 Å². The molecule has 0 aliphatic carbocycles. The van der Waals surface area contributed by atoms with Crippen LogP contribution in [0.25, 0.3) is 4.85 Å². The number of anilines is 1. The fourth-order valence-electron chi connectivity index (χ4n) is 4.08. The highest BCUT2D eigenvalue weighted by atomic mass is 32.1. The number of nitrogens with zero attached hydrogens (tertiary/aromatic N) is 5. The average molecular weight is 706 g/mol. The van der Waals surface area contributed by atoms with Crippen molar-refractivity contribution in [2.45, 2.75) is 26.1 Å². The van der Waals surface area contributed by atoms with Crippen LogP contribution in [0.15, 0.2) is 28.4 Å². The van der Waals surface area contributed by atoms with Crippen molar-refractivity contribution >= 4 is 44.7 Å². The summed E-state index contributed by atoms with van der Waals surface area (Å²) in [6.07, 6.45) is -2.05. The zero-order chi connectivity index (χ0) is 36.0. The number of carboxylic acid groups (broad SMARTS) is 2. The number of ether oxygens (including phenoxy) is 7. The summed E-state index contributed by atoms with van der Waals surface area (Å²) in [6, 6.07) is 7.80. The Kier molecular flexibility index (Phi) is 19.6. The number of benzene rings is 1. The number of carboxylic acids is 2. The molecule has 0 saturated heterocycles. The molecule has 268 valence electrons. The fraction of sp³-hybridized carbons (Fsp3) is 0.562. The molecule has 0 fully saturated rings. The first-order valence-corrected chi connectivity index (χ1v) is 16.1. The van der Waals surface area contributed by atoms with Crippen molar-refractivity contribution in [3.05, 3.63) is 46.3 Å². The number of rotatable bonds is 26. The first-order chi connectivity index (χ1) is 23.7. The zero-order valence-corrected chi connectivity index (χ0v) is 28.9. The molecule has 1 aromatic heterocycles. The van der Waals surface area contributed by atoms with Crippen LogP contribution in [0.5, 0.6) is 0 Å². The second-order valence-corrected chi connectivity index (χ2v) is 11.2. The Hall–Kier alpha value is -4.04. The SMILES string of the molecule is [C-]#[N+]c1sc(N=Nc2ccc(N(CCOCCOCCOCC(OC)C(=O)O)CCOCCOCC(OC)C(=O)O)cc2C)c(C#N)c1C. The van der Waals surface area contributed by atoms with Crippen LogP contribution < -0.4 is 4.90 Å². The Bertz CT molecular complexity index is 1440. The summed E-state index contributed by atoms with van der Waals surface area (Å²) in [5.74, 6) is -2.19. The molecule has 17 heteroatoms. The number of carbonyl (C=O) groups is 2. The second kappa shape index (κ2) is 23.3. The molecule has 0 aliphatic heterocycles. The minimum absolute atomic E-state index is 0.0683. The number of aryl methyl sites for hydroxylation is 1. The largest absolute Gasteiger partial charge is 0.479 e. The monoisotopic (exact) mass is 705 g/mol. The Morgan fingerprint density at radius 2 is 1.39 bits per heavy atom. The third kappa shape index (κ3) is 14.5. The van der Waals surface area contributed by atoms with Gasteiger partial charge in [0.05, 0.1) is 83.9 Å². The molecule has 0 saturated carbocycles. The smallest absolute Gasteiger partial charge is 0.335 e. The molecule has 49 heavy (non-hydrogen) atoms. The minimum Gasteiger partial charge on any atom is -0.479 e. The number of hydrogen-bond acceptors (Lipinski definition) is 14. The van der Waals surface area contributed by atoms with E-state index in [0.717, 1.165) is 22.6 Å². The molecule has 0 bridgehead atoms. The van der Waals surface area contributed by atoms with Crippen LogP contribution in [0.4, 0.5) is 21.4 Å². The van der Waals surface area contributed by atoms with E-state index in [2.05, 4.69) is 26.0 Å². The van der Waals surface area contributed by atoms with Gasteiger partial charge in [-0.1, -0.05) is 0 Å². The zero-order valence-electron chi connectivity index (χ0n) is 28.1. The van der Waals surface area contributed by atoms with E-state index in [9.17, 15) is 14.9 Å². The van der Waals surface area contributed by atoms with Crippen molar-refractivity contribution in [3.63, 3.8) is 0 Å². The lowest BCUT2D eigenvalue weighted by Crippen LogP contribution is -2.32. The van der Waals surface area contributed by atoms with Crippen molar-refractivity contribution in [2.75, 3.05) is 98.3 Å². The molecule has 0 amide bonds. The van der Waals surface area contributed by atoms with E-state index in [1.807, 2.05) is 25.1 Å². The molecule has 2 atom stereocenters. The Labute approximate surface area is 289 Å². The Morgan fingerprint density at radius 3 is 1.84 bits per heavy atom. The molecule has 2 N–H and O–H groups in total. The lowest BCUT2D eigenvalue weighted by Gasteiger charge is -2.25. The fourth-order valence-corrected chi connectivity index (χ4v) is 4.95. The van der Waals surface area contributed by atoms with Crippen molar-refractivity contribution in [2.24, 2.45) is 10.2 Å². The van der Waals surface area contributed by atoms with Gasteiger partial charge >= 0.3 is 11.9 Å². The van der Waals surface area contributed by atoms with Crippen LogP contribution in [0.1, 0.15) is 16.7 Å². The molecule has 2 unspecified atom stereocenters. The van der Waals surface area contributed by atoms with Crippen LogP contribution in [-0.2, 0) is 42.7 Å². The predicted molar refractivity (Wildman–Crippen MR) is 179 cm³/mol. The first kappa shape index (κ1) is 41.1. The topological polar surface area (TPSA) is 195 Å². The molecule has 16 nitrogen and oxygen atoms in total. The van der Waals surface area contributed by atoms with E-state index >= 15 is 0 Å². The van der Waals surface area contributed by atoms with Crippen LogP contribution in [-0.4, -0.2) is 128 Å². The van der Waals surface area contributed by atoms with E-state index in [1.54, 1.807) is 6.92 Å². The summed E-state index contributed by atoms with van der Waals surface area (Å²) in [4.78, 5) is 27.5. The van der Waals surface area contributed by atoms with Gasteiger partial charge in [0.15, 0.2) is 12.2 Å². The van der Waals surface area contributed by atoms with Crippen molar-refractivity contribution in [3.8, 4) is 6.07 Å². The summed E-state index contributed by atoms with van der Waals surface area (Å²) in [5.41, 5.74) is 3.31. The molecule has 0 spiro atoms. The number of aliphatic carboxylic acids is 2. The third-order valence-electron chi connectivity index (χ3n) is 6.90. The van der Waals surface area contributed by atoms with Crippen LogP contribution in [0, 0.1) is 31.8 Å². The summed E-state index contributed by atoms with van der Waals surface area (Å²) < 4.78 is 37.2. The molecular formula is C32H43N5O11S. The maximum atomic E-state index is 11.0. The Morgan fingerprint density at radius 1 is 0.878 bits per heavy atom. The van der Waals surface area contributed by atoms with Gasteiger partial charge in [-0.2, -0.15) is 5.26 Å². The number of hydrogen-bond donors (Lipinski definition) is 2. The van der Waals surface area contributed by atoms with E-state index in [-0.39, 0.29) is 39.6 Å². The van der Waals surface area contributed by atoms with Crippen molar-refractivity contribution < 1.29 is 53.0 Å². The van der Waals surface area contributed by atoms with Crippen LogP contribution >= 0.6 is 11.3 Å². The maximum absolute atomic E-state index is 11.0. The lowest BCUT2D eigenvalue weighted by atomic mass is 10.1. The highest BCUT2D eigenvalue weighted by Crippen LogP contribution is 2.41. The van der Waals surface area contributed by atoms with Crippen molar-refractivity contribution in [1.29, 1.82) is 5.26 Å². The van der Waals surface area contributed by atoms with Gasteiger partial charge in [0.2, 0.25) is 5.00 Å². The molecule has 0 aliphatic rings. The number of nitriles is 1. The number of methoxy groups -OCH3 is 2. The quantitative estimate of drug-likeness (QED) is 0.0800. The number of thiophene rings is 1. The molecule has 1 heterocycles. The maximum Gasteiger partial charge on any atom is 0.335 e. The van der Waals surface area contributed by atoms with Gasteiger partial charge < -0.3 is 48.3 Å². The summed E-state index contributed by atoms with van der Waals surface area (Å²) in [6.45, 7) is 14.2. The van der Waals surface area contributed by atoms with Gasteiger partial charge in [0.25, 0.3) is 0 Å². The van der Waals surface area contributed by atoms with Crippen LogP contribution in [0.3, 0.4) is 0 Å². The standard InChI is InChI=1S/C32H43N5O11S/c1-22-18-24(6-7-26(22)35-36-30-25(19-33)23(2)29(34-3)49-30)37(9-11-45-14-16-47-20-27(42-4)31(38)39)8-10-44-12-13-46-15-17-48-21-28(43-5)32(40)41/h6-7,18,27-28H,8-17,20-21H2,1-2,4-5H3,(H,38,39)(H,40,41). The summed E-state index contributed by atoms with van der Waals surface area (Å²) in [7, 11) is 2.61. The van der Waals surface area contributed by atoms with Gasteiger partial charge in [-0.3, -0.25) is 0 Å². The third-order valence-corrected chi connectivity index (χ3v) is 7.97. The Balaban J connectivity index is 1.92. The van der Waals surface area contributed by atoms with E-state index in [4.69, 9.17) is 49.9 Å².